The monoisotopic (exact) mass is 317 g/mol. The lowest BCUT2D eigenvalue weighted by molar-refractivity contribution is -0.680. The molecule has 0 saturated heterocycles. The van der Waals surface area contributed by atoms with Gasteiger partial charge >= 0.3 is 0 Å². The number of rotatable bonds is 2. The molecule has 0 spiro atoms. The number of hydrogen-bond acceptors (Lipinski definition) is 3. The molecule has 4 nitrogen and oxygen atoms in total. The first-order valence-corrected chi connectivity index (χ1v) is 7.14. The Labute approximate surface area is 121 Å². The zero-order valence-electron chi connectivity index (χ0n) is 9.56. The molecule has 1 aliphatic rings. The summed E-state index contributed by atoms with van der Waals surface area (Å²) >= 11 is 11.8. The van der Waals surface area contributed by atoms with E-state index in [9.17, 15) is 13.6 Å². The number of benzene rings is 1. The molecule has 0 fully saturated rings. The Balaban J connectivity index is 2.40. The van der Waals surface area contributed by atoms with Gasteiger partial charge in [-0.2, -0.15) is 8.42 Å². The third-order valence-corrected chi connectivity index (χ3v) is 4.01. The first-order valence-electron chi connectivity index (χ1n) is 5.31. The van der Waals surface area contributed by atoms with Gasteiger partial charge in [-0.15, -0.1) is 0 Å². The largest absolute Gasteiger partial charge is 0.623 e. The van der Waals surface area contributed by atoms with Crippen molar-refractivity contribution in [1.29, 1.82) is 0 Å². The summed E-state index contributed by atoms with van der Waals surface area (Å²) in [7, 11) is -2.57. The van der Waals surface area contributed by atoms with Crippen molar-refractivity contribution >= 4 is 38.5 Å². The molecule has 1 aromatic rings. The average molecular weight is 318 g/mol. The van der Waals surface area contributed by atoms with E-state index >= 15 is 0 Å². The fourth-order valence-electron chi connectivity index (χ4n) is 1.76. The first-order chi connectivity index (χ1) is 8.99. The fraction of sp³-hybridized carbons (Fsp3) is 0.0833. The minimum atomic E-state index is -2.57. The van der Waals surface area contributed by atoms with Crippen LogP contribution in [0.4, 0.5) is 0 Å². The second-order valence-electron chi connectivity index (χ2n) is 3.89. The quantitative estimate of drug-likeness (QED) is 0.662. The molecule has 1 unspecified atom stereocenters. The molecule has 100 valence electrons. The zero-order chi connectivity index (χ0) is 14.0. The molecule has 1 atom stereocenters. The van der Waals surface area contributed by atoms with E-state index in [2.05, 4.69) is 0 Å². The van der Waals surface area contributed by atoms with Crippen LogP contribution in [0.25, 0.3) is 0 Å². The summed E-state index contributed by atoms with van der Waals surface area (Å²) in [6.07, 6.45) is 4.60. The van der Waals surface area contributed by atoms with Crippen LogP contribution in [0.1, 0.15) is 5.56 Å². The number of allylic oxidation sites excluding steroid dienone is 2. The maximum absolute atomic E-state index is 11.6. The van der Waals surface area contributed by atoms with Gasteiger partial charge < -0.3 is 10.3 Å². The number of halogens is 2. The van der Waals surface area contributed by atoms with Gasteiger partial charge in [0.2, 0.25) is 0 Å². The SMILES string of the molecule is O=S(=O)=C1C(Cc2ccc(Cl)cc2Cl)=CC=C[NH+]1[O-]. The van der Waals surface area contributed by atoms with Crippen LogP contribution in [0.15, 0.2) is 42.1 Å². The van der Waals surface area contributed by atoms with Gasteiger partial charge in [0.15, 0.2) is 0 Å². The van der Waals surface area contributed by atoms with Crippen LogP contribution < -0.4 is 5.06 Å². The Morgan fingerprint density at radius 1 is 1.26 bits per heavy atom. The lowest BCUT2D eigenvalue weighted by Crippen LogP contribution is -3.06. The predicted molar refractivity (Wildman–Crippen MR) is 75.6 cm³/mol. The van der Waals surface area contributed by atoms with Gasteiger partial charge in [-0.25, -0.2) is 0 Å². The summed E-state index contributed by atoms with van der Waals surface area (Å²) in [4.78, 5) is -0.214. The van der Waals surface area contributed by atoms with Gasteiger partial charge in [-0.3, -0.25) is 0 Å². The van der Waals surface area contributed by atoms with E-state index in [-0.39, 0.29) is 11.4 Å². The Kier molecular flexibility index (Phi) is 4.44. The van der Waals surface area contributed by atoms with E-state index < -0.39 is 15.4 Å². The molecule has 1 aliphatic heterocycles. The minimum absolute atomic E-state index is 0.214. The maximum Gasteiger partial charge on any atom is 0.277 e. The average Bonchev–Trinajstić information content (AvgIpc) is 2.32. The van der Waals surface area contributed by atoms with E-state index in [1.807, 2.05) is 0 Å². The molecule has 1 aromatic carbocycles. The molecule has 19 heavy (non-hydrogen) atoms. The third-order valence-electron chi connectivity index (χ3n) is 2.62. The molecule has 0 aromatic heterocycles. The smallest absolute Gasteiger partial charge is 0.277 e. The molecule has 7 heteroatoms. The van der Waals surface area contributed by atoms with Crippen molar-refractivity contribution in [1.82, 2.24) is 0 Å². The summed E-state index contributed by atoms with van der Waals surface area (Å²) < 4.78 is 22.2. The second kappa shape index (κ2) is 5.90. The number of quaternary nitrogens is 1. The Hall–Kier alpha value is -1.11. The van der Waals surface area contributed by atoms with Crippen molar-refractivity contribution in [2.24, 2.45) is 0 Å². The molecule has 0 radical (unpaired) electrons. The summed E-state index contributed by atoms with van der Waals surface area (Å²) in [5.74, 6) is 0. The summed E-state index contributed by atoms with van der Waals surface area (Å²) in [5.41, 5.74) is 1.13. The summed E-state index contributed by atoms with van der Waals surface area (Å²) in [5, 5.41) is 12.0. The van der Waals surface area contributed by atoms with E-state index in [1.54, 1.807) is 24.3 Å². The van der Waals surface area contributed by atoms with Crippen molar-refractivity contribution in [2.75, 3.05) is 0 Å². The molecule has 2 rings (SSSR count). The summed E-state index contributed by atoms with van der Waals surface area (Å²) in [6, 6.07) is 4.95. The topological polar surface area (TPSA) is 61.6 Å². The maximum atomic E-state index is 11.6. The zero-order valence-corrected chi connectivity index (χ0v) is 11.9. The van der Waals surface area contributed by atoms with Gasteiger partial charge in [0.1, 0.15) is 6.20 Å². The molecular weight excluding hydrogens is 309 g/mol. The van der Waals surface area contributed by atoms with Crippen molar-refractivity contribution in [3.8, 4) is 0 Å². The van der Waals surface area contributed by atoms with Crippen molar-refractivity contribution in [2.45, 2.75) is 6.42 Å². The van der Waals surface area contributed by atoms with E-state index in [0.29, 0.717) is 21.2 Å². The van der Waals surface area contributed by atoms with E-state index in [0.717, 1.165) is 0 Å². The molecule has 1 heterocycles. The van der Waals surface area contributed by atoms with E-state index in [1.165, 1.54) is 12.3 Å². The van der Waals surface area contributed by atoms with Crippen LogP contribution in [0, 0.1) is 5.21 Å². The van der Waals surface area contributed by atoms with Crippen LogP contribution in [-0.2, 0) is 16.7 Å². The lowest BCUT2D eigenvalue weighted by atomic mass is 10.0. The van der Waals surface area contributed by atoms with Gasteiger partial charge in [-0.05, 0) is 29.8 Å². The van der Waals surface area contributed by atoms with Gasteiger partial charge in [0, 0.05) is 22.0 Å². The van der Waals surface area contributed by atoms with Gasteiger partial charge in [0.05, 0.1) is 0 Å². The number of hydroxylamine groups is 2. The van der Waals surface area contributed by atoms with Gasteiger partial charge in [0.25, 0.3) is 15.3 Å². The van der Waals surface area contributed by atoms with Crippen molar-refractivity contribution < 1.29 is 13.5 Å². The standard InChI is InChI=1S/C12H9Cl2NO3S/c13-10-4-3-8(11(14)7-10)6-9-2-1-5-15(16)12(9)19(17)18/h1-5,7,15H,6H2. The Morgan fingerprint density at radius 2 is 2.00 bits per heavy atom. The lowest BCUT2D eigenvalue weighted by Gasteiger charge is -2.21. The first kappa shape index (κ1) is 14.3. The molecule has 0 aliphatic carbocycles. The normalized spacial score (nSPS) is 18.4. The highest BCUT2D eigenvalue weighted by Gasteiger charge is 2.19. The summed E-state index contributed by atoms with van der Waals surface area (Å²) in [6.45, 7) is 0. The Bertz CT molecular complexity index is 700. The molecule has 0 saturated carbocycles. The predicted octanol–water partition coefficient (Wildman–Crippen LogP) is 1.38. The molecular formula is C12H9Cl2NO3S. The van der Waals surface area contributed by atoms with Crippen LogP contribution in [0.5, 0.6) is 0 Å². The van der Waals surface area contributed by atoms with E-state index in [4.69, 9.17) is 23.2 Å². The van der Waals surface area contributed by atoms with Crippen molar-refractivity contribution in [3.63, 3.8) is 0 Å². The minimum Gasteiger partial charge on any atom is -0.623 e. The van der Waals surface area contributed by atoms with Crippen LogP contribution >= 0.6 is 23.2 Å². The number of hydrogen-bond donors (Lipinski definition) is 1. The van der Waals surface area contributed by atoms with Crippen LogP contribution in [0.3, 0.4) is 0 Å². The molecule has 0 bridgehead atoms. The van der Waals surface area contributed by atoms with Crippen LogP contribution in [-0.4, -0.2) is 13.4 Å². The molecule has 1 N–H and O–H groups in total. The Morgan fingerprint density at radius 3 is 2.63 bits per heavy atom. The number of nitrogens with one attached hydrogen (secondary N) is 1. The third kappa shape index (κ3) is 3.26. The highest BCUT2D eigenvalue weighted by Crippen LogP contribution is 2.23. The van der Waals surface area contributed by atoms with Crippen molar-refractivity contribution in [3.05, 3.63) is 62.9 Å². The van der Waals surface area contributed by atoms with Crippen LogP contribution in [0.2, 0.25) is 10.0 Å². The molecule has 0 amide bonds. The highest BCUT2D eigenvalue weighted by molar-refractivity contribution is 7.72. The second-order valence-corrected chi connectivity index (χ2v) is 5.61. The fourth-order valence-corrected chi connectivity index (χ4v) is 2.82. The van der Waals surface area contributed by atoms with Gasteiger partial charge in [-0.1, -0.05) is 29.3 Å². The highest BCUT2D eigenvalue weighted by atomic mass is 35.5.